The fourth-order valence-electron chi connectivity index (χ4n) is 3.28. The summed E-state index contributed by atoms with van der Waals surface area (Å²) in [7, 11) is -1.61. The van der Waals surface area contributed by atoms with Crippen LogP contribution in [-0.2, 0) is 9.84 Å². The van der Waals surface area contributed by atoms with Crippen LogP contribution in [0.15, 0.2) is 58.5 Å². The first-order valence-electron chi connectivity index (χ1n) is 9.60. The van der Waals surface area contributed by atoms with Crippen molar-refractivity contribution in [1.82, 2.24) is 15.6 Å². The minimum Gasteiger partial charge on any atom is -0.356 e. The van der Waals surface area contributed by atoms with Gasteiger partial charge in [-0.25, -0.2) is 17.8 Å². The van der Waals surface area contributed by atoms with Crippen LogP contribution < -0.4 is 15.5 Å². The van der Waals surface area contributed by atoms with E-state index in [4.69, 9.17) is 0 Å². The molecule has 7 nitrogen and oxygen atoms in total. The van der Waals surface area contributed by atoms with E-state index in [9.17, 15) is 12.8 Å². The second kappa shape index (κ2) is 9.69. The van der Waals surface area contributed by atoms with Crippen molar-refractivity contribution in [2.45, 2.75) is 23.8 Å². The Hall–Kier alpha value is -2.68. The van der Waals surface area contributed by atoms with Crippen molar-refractivity contribution in [1.29, 1.82) is 0 Å². The van der Waals surface area contributed by atoms with E-state index in [0.29, 0.717) is 42.7 Å². The highest BCUT2D eigenvalue weighted by atomic mass is 32.2. The SMILES string of the molecule is CN=C(NCCCS(=O)(=O)c1ccccc1)NC1CCN(c2ncccc2F)C1. The third kappa shape index (κ3) is 5.66. The van der Waals surface area contributed by atoms with Crippen molar-refractivity contribution >= 4 is 21.6 Å². The number of hydrogen-bond donors (Lipinski definition) is 2. The van der Waals surface area contributed by atoms with Crippen molar-refractivity contribution in [2.75, 3.05) is 37.3 Å². The Morgan fingerprint density at radius 1 is 1.28 bits per heavy atom. The van der Waals surface area contributed by atoms with Crippen LogP contribution in [0.25, 0.3) is 0 Å². The van der Waals surface area contributed by atoms with Crippen molar-refractivity contribution in [2.24, 2.45) is 4.99 Å². The van der Waals surface area contributed by atoms with Gasteiger partial charge in [-0.05, 0) is 37.1 Å². The molecule has 1 saturated heterocycles. The average Bonchev–Trinajstić information content (AvgIpc) is 3.19. The number of sulfone groups is 1. The van der Waals surface area contributed by atoms with E-state index in [1.807, 2.05) is 4.90 Å². The number of halogens is 1. The van der Waals surface area contributed by atoms with Gasteiger partial charge < -0.3 is 15.5 Å². The molecule has 0 spiro atoms. The second-order valence-electron chi connectivity index (χ2n) is 6.87. The third-order valence-corrected chi connectivity index (χ3v) is 6.59. The van der Waals surface area contributed by atoms with Crippen LogP contribution in [0.2, 0.25) is 0 Å². The molecule has 0 bridgehead atoms. The summed E-state index contributed by atoms with van der Waals surface area (Å²) < 4.78 is 38.5. The molecule has 156 valence electrons. The minimum atomic E-state index is -3.28. The quantitative estimate of drug-likeness (QED) is 0.405. The zero-order valence-corrected chi connectivity index (χ0v) is 17.2. The van der Waals surface area contributed by atoms with Crippen LogP contribution in [0, 0.1) is 5.82 Å². The Kier molecular flexibility index (Phi) is 7.03. The fourth-order valence-corrected chi connectivity index (χ4v) is 4.62. The molecule has 0 saturated carbocycles. The molecular weight excluding hydrogens is 393 g/mol. The van der Waals surface area contributed by atoms with Crippen LogP contribution >= 0.6 is 0 Å². The van der Waals surface area contributed by atoms with Crippen molar-refractivity contribution < 1.29 is 12.8 Å². The van der Waals surface area contributed by atoms with E-state index in [0.717, 1.165) is 6.42 Å². The van der Waals surface area contributed by atoms with Gasteiger partial charge in [-0.2, -0.15) is 0 Å². The van der Waals surface area contributed by atoms with E-state index in [1.54, 1.807) is 49.6 Å². The molecule has 0 radical (unpaired) electrons. The third-order valence-electron chi connectivity index (χ3n) is 4.78. The predicted molar refractivity (Wildman–Crippen MR) is 112 cm³/mol. The maximum Gasteiger partial charge on any atom is 0.191 e. The van der Waals surface area contributed by atoms with Crippen molar-refractivity contribution in [3.05, 3.63) is 54.5 Å². The first-order valence-corrected chi connectivity index (χ1v) is 11.3. The summed E-state index contributed by atoms with van der Waals surface area (Å²) in [6, 6.07) is 11.6. The zero-order valence-electron chi connectivity index (χ0n) is 16.4. The minimum absolute atomic E-state index is 0.0666. The molecule has 1 aromatic carbocycles. The molecule has 1 unspecified atom stereocenters. The lowest BCUT2D eigenvalue weighted by molar-refractivity contribution is 0.591. The summed E-state index contributed by atoms with van der Waals surface area (Å²) in [5.74, 6) is 0.716. The number of aromatic nitrogens is 1. The summed E-state index contributed by atoms with van der Waals surface area (Å²) in [5, 5.41) is 6.46. The Morgan fingerprint density at radius 3 is 2.79 bits per heavy atom. The van der Waals surface area contributed by atoms with Crippen LogP contribution in [0.3, 0.4) is 0 Å². The van der Waals surface area contributed by atoms with E-state index in [2.05, 4.69) is 20.6 Å². The van der Waals surface area contributed by atoms with Gasteiger partial charge in [0.1, 0.15) is 0 Å². The molecule has 1 aliphatic rings. The highest BCUT2D eigenvalue weighted by molar-refractivity contribution is 7.91. The first-order chi connectivity index (χ1) is 14.0. The van der Waals surface area contributed by atoms with Crippen molar-refractivity contribution in [3.63, 3.8) is 0 Å². The van der Waals surface area contributed by atoms with E-state index in [1.165, 1.54) is 6.07 Å². The highest BCUT2D eigenvalue weighted by Crippen LogP contribution is 2.20. The fraction of sp³-hybridized carbons (Fsp3) is 0.400. The summed E-state index contributed by atoms with van der Waals surface area (Å²) in [6.45, 7) is 1.81. The monoisotopic (exact) mass is 419 g/mol. The van der Waals surface area contributed by atoms with Crippen molar-refractivity contribution in [3.8, 4) is 0 Å². The van der Waals surface area contributed by atoms with E-state index in [-0.39, 0.29) is 17.6 Å². The molecule has 1 aliphatic heterocycles. The van der Waals surface area contributed by atoms with Gasteiger partial charge in [-0.1, -0.05) is 18.2 Å². The number of anilines is 1. The first kappa shape index (κ1) is 21.0. The average molecular weight is 420 g/mol. The lowest BCUT2D eigenvalue weighted by atomic mass is 10.3. The van der Waals surface area contributed by atoms with E-state index < -0.39 is 9.84 Å². The summed E-state index contributed by atoms with van der Waals surface area (Å²) in [5.41, 5.74) is 0. The Labute approximate surface area is 171 Å². The lowest BCUT2D eigenvalue weighted by Crippen LogP contribution is -2.45. The van der Waals surface area contributed by atoms with Crippen LogP contribution in [-0.4, -0.2) is 57.8 Å². The Morgan fingerprint density at radius 2 is 2.07 bits per heavy atom. The molecule has 2 aromatic rings. The number of guanidine groups is 1. The van der Waals surface area contributed by atoms with Gasteiger partial charge in [0, 0.05) is 38.9 Å². The lowest BCUT2D eigenvalue weighted by Gasteiger charge is -2.20. The van der Waals surface area contributed by atoms with Gasteiger partial charge in [0.05, 0.1) is 10.6 Å². The van der Waals surface area contributed by atoms with Crippen LogP contribution in [0.4, 0.5) is 10.2 Å². The molecule has 1 aromatic heterocycles. The normalized spacial score (nSPS) is 17.4. The number of pyridine rings is 1. The van der Waals surface area contributed by atoms with E-state index >= 15 is 0 Å². The van der Waals surface area contributed by atoms with Gasteiger partial charge in [-0.15, -0.1) is 0 Å². The molecule has 3 rings (SSSR count). The number of hydrogen-bond acceptors (Lipinski definition) is 5. The molecule has 0 aliphatic carbocycles. The number of aliphatic imine (C=N–C) groups is 1. The molecule has 29 heavy (non-hydrogen) atoms. The summed E-state index contributed by atoms with van der Waals surface area (Å²) in [4.78, 5) is 10.6. The van der Waals surface area contributed by atoms with Gasteiger partial charge in [0.15, 0.2) is 27.4 Å². The number of nitrogens with one attached hydrogen (secondary N) is 2. The molecule has 2 heterocycles. The maximum absolute atomic E-state index is 13.9. The van der Waals surface area contributed by atoms with Gasteiger partial charge in [0.2, 0.25) is 0 Å². The number of benzene rings is 1. The van der Waals surface area contributed by atoms with Gasteiger partial charge in [-0.3, -0.25) is 4.99 Å². The van der Waals surface area contributed by atoms with Crippen LogP contribution in [0.1, 0.15) is 12.8 Å². The highest BCUT2D eigenvalue weighted by Gasteiger charge is 2.25. The predicted octanol–water partition coefficient (Wildman–Crippen LogP) is 1.83. The van der Waals surface area contributed by atoms with Crippen LogP contribution in [0.5, 0.6) is 0 Å². The smallest absolute Gasteiger partial charge is 0.191 e. The molecule has 1 fully saturated rings. The van der Waals surface area contributed by atoms with Gasteiger partial charge >= 0.3 is 0 Å². The molecular formula is C20H26FN5O2S. The number of nitrogens with zero attached hydrogens (tertiary/aromatic N) is 3. The summed E-state index contributed by atoms with van der Waals surface area (Å²) in [6.07, 6.45) is 2.89. The molecule has 2 N–H and O–H groups in total. The molecule has 0 amide bonds. The van der Waals surface area contributed by atoms with Gasteiger partial charge in [0.25, 0.3) is 0 Å². The molecule has 9 heteroatoms. The number of rotatable bonds is 7. The standard InChI is InChI=1S/C20H26FN5O2S/c1-22-20(24-12-6-14-29(27,28)17-7-3-2-4-8-17)25-16-10-13-26(15-16)19-18(21)9-5-11-23-19/h2-5,7-9,11,16H,6,10,12-15H2,1H3,(H2,22,24,25). The molecule has 1 atom stereocenters. The zero-order chi connectivity index (χ0) is 20.7. The maximum atomic E-state index is 13.9. The Balaban J connectivity index is 1.44. The Bertz CT molecular complexity index is 937. The topological polar surface area (TPSA) is 86.7 Å². The largest absolute Gasteiger partial charge is 0.356 e. The second-order valence-corrected chi connectivity index (χ2v) is 8.98. The summed E-state index contributed by atoms with van der Waals surface area (Å²) >= 11 is 0.